The average molecular weight is 298 g/mol. The molecule has 1 aromatic rings. The molecule has 0 spiro atoms. The maximum atomic E-state index is 12.1. The summed E-state index contributed by atoms with van der Waals surface area (Å²) in [6, 6.07) is 6.07. The lowest BCUT2D eigenvalue weighted by Crippen LogP contribution is -2.40. The van der Waals surface area contributed by atoms with Crippen molar-refractivity contribution in [3.63, 3.8) is 0 Å². The van der Waals surface area contributed by atoms with Gasteiger partial charge >= 0.3 is 0 Å². The van der Waals surface area contributed by atoms with Crippen molar-refractivity contribution in [3.8, 4) is 0 Å². The number of rotatable bonds is 4. The number of carbonyl (C=O) groups excluding carboxylic acids is 1. The van der Waals surface area contributed by atoms with Gasteiger partial charge in [0.1, 0.15) is 0 Å². The summed E-state index contributed by atoms with van der Waals surface area (Å²) in [7, 11) is 0. The number of carbonyl (C=O) groups is 1. The number of amides is 1. The fraction of sp³-hybridized carbons (Fsp3) is 0.500. The quantitative estimate of drug-likeness (QED) is 0.848. The topological polar surface area (TPSA) is 29.1 Å². The van der Waals surface area contributed by atoms with Gasteiger partial charge < -0.3 is 5.32 Å². The minimum Gasteiger partial charge on any atom is -0.348 e. The Morgan fingerprint density at radius 3 is 2.47 bits per heavy atom. The molecule has 2 nitrogen and oxygen atoms in total. The summed E-state index contributed by atoms with van der Waals surface area (Å²) in [5.74, 6) is 0.435. The van der Waals surface area contributed by atoms with E-state index < -0.39 is 0 Å². The number of alkyl halides is 1. The van der Waals surface area contributed by atoms with Gasteiger partial charge in [0.15, 0.2) is 0 Å². The first-order valence-electron chi connectivity index (χ1n) is 5.89. The van der Waals surface area contributed by atoms with Crippen molar-refractivity contribution in [2.45, 2.75) is 33.7 Å². The van der Waals surface area contributed by atoms with Gasteiger partial charge in [0.25, 0.3) is 5.91 Å². The van der Waals surface area contributed by atoms with Crippen molar-refractivity contribution in [1.82, 2.24) is 5.32 Å². The second-order valence-corrected chi connectivity index (χ2v) is 5.44. The molecule has 0 radical (unpaired) electrons. The molecule has 1 N–H and O–H groups in total. The van der Waals surface area contributed by atoms with Crippen molar-refractivity contribution in [3.05, 3.63) is 34.9 Å². The van der Waals surface area contributed by atoms with E-state index in [0.29, 0.717) is 5.92 Å². The van der Waals surface area contributed by atoms with E-state index in [1.165, 1.54) is 5.56 Å². The van der Waals surface area contributed by atoms with Crippen LogP contribution in [-0.4, -0.2) is 17.3 Å². The Balaban J connectivity index is 2.82. The second-order valence-electron chi connectivity index (χ2n) is 4.80. The number of aryl methyl sites for hydroxylation is 2. The van der Waals surface area contributed by atoms with Crippen LogP contribution in [0.15, 0.2) is 18.2 Å². The van der Waals surface area contributed by atoms with Crippen molar-refractivity contribution >= 4 is 21.8 Å². The summed E-state index contributed by atoms with van der Waals surface area (Å²) in [6.45, 7) is 8.22. The molecule has 0 aliphatic rings. The highest BCUT2D eigenvalue weighted by molar-refractivity contribution is 9.09. The maximum Gasteiger partial charge on any atom is 0.251 e. The predicted molar refractivity (Wildman–Crippen MR) is 75.8 cm³/mol. The van der Waals surface area contributed by atoms with Gasteiger partial charge in [0, 0.05) is 16.9 Å². The van der Waals surface area contributed by atoms with Gasteiger partial charge in [0.05, 0.1) is 0 Å². The van der Waals surface area contributed by atoms with Gasteiger partial charge in [-0.2, -0.15) is 0 Å². The van der Waals surface area contributed by atoms with Gasteiger partial charge in [-0.3, -0.25) is 4.79 Å². The average Bonchev–Trinajstić information content (AvgIpc) is 2.24. The van der Waals surface area contributed by atoms with E-state index in [9.17, 15) is 4.79 Å². The standard InChI is InChI=1S/C14H20BrNO/c1-9(2)13(8-15)16-14(17)12-6-5-10(3)7-11(12)4/h5-7,9,13H,8H2,1-4H3,(H,16,17). The normalized spacial score (nSPS) is 12.6. The third-order valence-corrected chi connectivity index (χ3v) is 3.61. The zero-order valence-electron chi connectivity index (χ0n) is 10.9. The van der Waals surface area contributed by atoms with E-state index in [4.69, 9.17) is 0 Å². The molecular formula is C14H20BrNO. The van der Waals surface area contributed by atoms with Gasteiger partial charge in [-0.05, 0) is 31.4 Å². The fourth-order valence-electron chi connectivity index (χ4n) is 1.70. The van der Waals surface area contributed by atoms with Crippen LogP contribution < -0.4 is 5.32 Å². The second kappa shape index (κ2) is 6.20. The Bertz CT molecular complexity index is 401. The van der Waals surface area contributed by atoms with Gasteiger partial charge in [-0.15, -0.1) is 0 Å². The Hall–Kier alpha value is -0.830. The number of hydrogen-bond donors (Lipinski definition) is 1. The first-order valence-corrected chi connectivity index (χ1v) is 7.02. The van der Waals surface area contributed by atoms with Gasteiger partial charge in [-0.1, -0.05) is 47.5 Å². The molecule has 1 unspecified atom stereocenters. The van der Waals surface area contributed by atoms with Gasteiger partial charge in [0.2, 0.25) is 0 Å². The molecule has 0 fully saturated rings. The highest BCUT2D eigenvalue weighted by Gasteiger charge is 2.16. The monoisotopic (exact) mass is 297 g/mol. The van der Waals surface area contributed by atoms with E-state index in [-0.39, 0.29) is 11.9 Å². The summed E-state index contributed by atoms with van der Waals surface area (Å²) in [5, 5.41) is 3.84. The minimum absolute atomic E-state index is 0.0145. The molecule has 3 heteroatoms. The zero-order valence-corrected chi connectivity index (χ0v) is 12.5. The molecule has 0 aliphatic heterocycles. The molecule has 0 aliphatic carbocycles. The third kappa shape index (κ3) is 3.84. The Kier molecular flexibility index (Phi) is 5.19. The van der Waals surface area contributed by atoms with Crippen LogP contribution >= 0.6 is 15.9 Å². The molecule has 1 aromatic carbocycles. The number of benzene rings is 1. The summed E-state index contributed by atoms with van der Waals surface area (Å²) in [5.41, 5.74) is 2.97. The summed E-state index contributed by atoms with van der Waals surface area (Å²) < 4.78 is 0. The van der Waals surface area contributed by atoms with Crippen LogP contribution in [0.3, 0.4) is 0 Å². The smallest absolute Gasteiger partial charge is 0.251 e. The molecule has 0 aromatic heterocycles. The van der Waals surface area contributed by atoms with E-state index in [1.807, 2.05) is 32.0 Å². The van der Waals surface area contributed by atoms with Crippen LogP contribution in [0, 0.1) is 19.8 Å². The highest BCUT2D eigenvalue weighted by Crippen LogP contribution is 2.12. The molecule has 1 atom stereocenters. The zero-order chi connectivity index (χ0) is 13.0. The molecule has 17 heavy (non-hydrogen) atoms. The third-order valence-electron chi connectivity index (χ3n) is 2.91. The van der Waals surface area contributed by atoms with Crippen LogP contribution in [0.1, 0.15) is 35.3 Å². The van der Waals surface area contributed by atoms with Crippen molar-refractivity contribution in [2.24, 2.45) is 5.92 Å². The Morgan fingerprint density at radius 2 is 2.00 bits per heavy atom. The molecule has 0 saturated carbocycles. The van der Waals surface area contributed by atoms with Crippen LogP contribution in [-0.2, 0) is 0 Å². The lowest BCUT2D eigenvalue weighted by Gasteiger charge is -2.20. The number of hydrogen-bond acceptors (Lipinski definition) is 1. The van der Waals surface area contributed by atoms with Crippen LogP contribution in [0.4, 0.5) is 0 Å². The van der Waals surface area contributed by atoms with E-state index >= 15 is 0 Å². The molecule has 1 amide bonds. The van der Waals surface area contributed by atoms with Crippen LogP contribution in [0.2, 0.25) is 0 Å². The van der Waals surface area contributed by atoms with E-state index in [0.717, 1.165) is 16.5 Å². The molecule has 1 rings (SSSR count). The molecule has 0 heterocycles. The molecule has 0 saturated heterocycles. The minimum atomic E-state index is 0.0145. The lowest BCUT2D eigenvalue weighted by molar-refractivity contribution is 0.0931. The molecule has 94 valence electrons. The number of nitrogens with one attached hydrogen (secondary N) is 1. The predicted octanol–water partition coefficient (Wildman–Crippen LogP) is 3.45. The maximum absolute atomic E-state index is 12.1. The molecular weight excluding hydrogens is 278 g/mol. The summed E-state index contributed by atoms with van der Waals surface area (Å²) >= 11 is 3.43. The Labute approximate surface area is 112 Å². The SMILES string of the molecule is Cc1ccc(C(=O)NC(CBr)C(C)C)c(C)c1. The van der Waals surface area contributed by atoms with Gasteiger partial charge in [-0.25, -0.2) is 0 Å². The summed E-state index contributed by atoms with van der Waals surface area (Å²) in [6.07, 6.45) is 0. The lowest BCUT2D eigenvalue weighted by atomic mass is 10.0. The van der Waals surface area contributed by atoms with Crippen molar-refractivity contribution in [2.75, 3.05) is 5.33 Å². The largest absolute Gasteiger partial charge is 0.348 e. The van der Waals surface area contributed by atoms with Crippen LogP contribution in [0.5, 0.6) is 0 Å². The van der Waals surface area contributed by atoms with E-state index in [1.54, 1.807) is 0 Å². The summed E-state index contributed by atoms with van der Waals surface area (Å²) in [4.78, 5) is 12.1. The van der Waals surface area contributed by atoms with Crippen LogP contribution in [0.25, 0.3) is 0 Å². The van der Waals surface area contributed by atoms with E-state index in [2.05, 4.69) is 35.1 Å². The molecule has 0 bridgehead atoms. The first-order chi connectivity index (χ1) is 7.95. The first kappa shape index (κ1) is 14.2. The number of halogens is 1. The highest BCUT2D eigenvalue weighted by atomic mass is 79.9. The fourth-order valence-corrected chi connectivity index (χ4v) is 2.61. The Morgan fingerprint density at radius 1 is 1.35 bits per heavy atom. The van der Waals surface area contributed by atoms with Crippen molar-refractivity contribution < 1.29 is 4.79 Å². The van der Waals surface area contributed by atoms with Crippen molar-refractivity contribution in [1.29, 1.82) is 0 Å².